The Morgan fingerprint density at radius 2 is 2.25 bits per heavy atom. The molecule has 7 heteroatoms. The minimum absolute atomic E-state index is 0.245. The molecule has 1 saturated heterocycles. The van der Waals surface area contributed by atoms with E-state index in [0.29, 0.717) is 0 Å². The fourth-order valence-corrected chi connectivity index (χ4v) is 1.80. The Balaban J connectivity index is 2.77. The van der Waals surface area contributed by atoms with Crippen molar-refractivity contribution in [3.05, 3.63) is 0 Å². The fraction of sp³-hybridized carbons (Fsp3) is 0.889. The first-order valence-corrected chi connectivity index (χ1v) is 5.08. The van der Waals surface area contributed by atoms with Gasteiger partial charge in [-0.05, 0) is 0 Å². The molecule has 5 atom stereocenters. The summed E-state index contributed by atoms with van der Waals surface area (Å²) < 4.78 is 5.31. The van der Waals surface area contributed by atoms with Gasteiger partial charge in [0.25, 0.3) is 0 Å². The molecule has 0 spiro atoms. The van der Waals surface area contributed by atoms with Crippen LogP contribution in [0.2, 0.25) is 0 Å². The largest absolute Gasteiger partial charge is 0.394 e. The summed E-state index contributed by atoms with van der Waals surface area (Å²) in [5.41, 5.74) is 0. The predicted octanol–water partition coefficient (Wildman–Crippen LogP) is -1.90. The summed E-state index contributed by atoms with van der Waals surface area (Å²) in [5.74, 6) is 4.38. The molecule has 94 valence electrons. The highest BCUT2D eigenvalue weighted by atomic mass is 16.8. The number of amides is 1. The molecule has 1 heterocycles. The summed E-state index contributed by atoms with van der Waals surface area (Å²) in [7, 11) is 0. The highest BCUT2D eigenvalue weighted by molar-refractivity contribution is 5.73. The molecule has 1 aliphatic heterocycles. The molecule has 1 fully saturated rings. The number of nitrogens with one attached hydrogen (secondary N) is 1. The van der Waals surface area contributed by atoms with E-state index in [2.05, 4.69) is 10.2 Å². The van der Waals surface area contributed by atoms with Gasteiger partial charge < -0.3 is 20.3 Å². The van der Waals surface area contributed by atoms with Gasteiger partial charge in [0.15, 0.2) is 6.29 Å². The van der Waals surface area contributed by atoms with Crippen molar-refractivity contribution in [2.24, 2.45) is 11.8 Å². The Morgan fingerprint density at radius 3 is 2.69 bits per heavy atom. The van der Waals surface area contributed by atoms with Gasteiger partial charge in [-0.15, -0.1) is 0 Å². The minimum Gasteiger partial charge on any atom is -0.394 e. The van der Waals surface area contributed by atoms with Crippen molar-refractivity contribution in [2.45, 2.75) is 38.4 Å². The van der Waals surface area contributed by atoms with Crippen LogP contribution in [0.25, 0.3) is 0 Å². The van der Waals surface area contributed by atoms with E-state index < -0.39 is 24.5 Å². The summed E-state index contributed by atoms with van der Waals surface area (Å²) in [6.45, 7) is 2.79. The van der Waals surface area contributed by atoms with E-state index in [0.717, 1.165) is 0 Å². The van der Waals surface area contributed by atoms with Crippen molar-refractivity contribution >= 4 is 5.91 Å². The summed E-state index contributed by atoms with van der Waals surface area (Å²) in [4.78, 5) is 15.5. The van der Waals surface area contributed by atoms with Gasteiger partial charge in [0.1, 0.15) is 6.04 Å². The monoisotopic (exact) mass is 234 g/mol. The van der Waals surface area contributed by atoms with E-state index in [1.54, 1.807) is 6.92 Å². The summed E-state index contributed by atoms with van der Waals surface area (Å²) in [6, 6.07) is -0.736. The van der Waals surface area contributed by atoms with Crippen molar-refractivity contribution in [3.63, 3.8) is 0 Å². The predicted molar refractivity (Wildman–Crippen MR) is 53.8 cm³/mol. The standard InChI is InChI=1S/C9H18N2O5/c1-4-6(3-12)15-9(16-10)7(8(4)14)11-5(2)13/h4,6-9,12,14H,3,10H2,1-2H3,(H,11,13). The third-order valence-electron chi connectivity index (χ3n) is 2.78. The first-order valence-electron chi connectivity index (χ1n) is 5.08. The van der Waals surface area contributed by atoms with Crippen molar-refractivity contribution in [1.82, 2.24) is 5.32 Å². The van der Waals surface area contributed by atoms with Crippen LogP contribution in [0.5, 0.6) is 0 Å². The van der Waals surface area contributed by atoms with Gasteiger partial charge in [0.2, 0.25) is 5.91 Å². The topological polar surface area (TPSA) is 114 Å². The second-order valence-electron chi connectivity index (χ2n) is 3.94. The van der Waals surface area contributed by atoms with E-state index in [1.165, 1.54) is 6.92 Å². The molecular formula is C9H18N2O5. The molecule has 0 radical (unpaired) electrons. The van der Waals surface area contributed by atoms with Crippen molar-refractivity contribution in [1.29, 1.82) is 0 Å². The van der Waals surface area contributed by atoms with Gasteiger partial charge in [-0.2, -0.15) is 0 Å². The zero-order valence-corrected chi connectivity index (χ0v) is 9.29. The van der Waals surface area contributed by atoms with Gasteiger partial charge >= 0.3 is 0 Å². The number of ether oxygens (including phenoxy) is 1. The van der Waals surface area contributed by atoms with Crippen LogP contribution in [-0.2, 0) is 14.4 Å². The van der Waals surface area contributed by atoms with Crippen LogP contribution in [0.3, 0.4) is 0 Å². The molecule has 0 aromatic carbocycles. The van der Waals surface area contributed by atoms with Crippen LogP contribution < -0.4 is 11.2 Å². The van der Waals surface area contributed by atoms with Crippen molar-refractivity contribution < 1.29 is 24.6 Å². The summed E-state index contributed by atoms with van der Waals surface area (Å²) >= 11 is 0. The van der Waals surface area contributed by atoms with Gasteiger partial charge in [-0.3, -0.25) is 9.63 Å². The van der Waals surface area contributed by atoms with E-state index >= 15 is 0 Å². The lowest BCUT2D eigenvalue weighted by molar-refractivity contribution is -0.256. The number of hydrogen-bond acceptors (Lipinski definition) is 6. The molecule has 1 amide bonds. The average molecular weight is 234 g/mol. The molecular weight excluding hydrogens is 216 g/mol. The van der Waals surface area contributed by atoms with Gasteiger partial charge in [0, 0.05) is 12.8 Å². The van der Waals surface area contributed by atoms with E-state index in [4.69, 9.17) is 15.7 Å². The van der Waals surface area contributed by atoms with Crippen molar-refractivity contribution in [3.8, 4) is 0 Å². The fourth-order valence-electron chi connectivity index (χ4n) is 1.80. The Bertz CT molecular complexity index is 248. The van der Waals surface area contributed by atoms with Crippen LogP contribution in [0.4, 0.5) is 0 Å². The smallest absolute Gasteiger partial charge is 0.217 e. The van der Waals surface area contributed by atoms with Crippen LogP contribution >= 0.6 is 0 Å². The number of nitrogens with two attached hydrogens (primary N) is 1. The van der Waals surface area contributed by atoms with Crippen LogP contribution in [0.1, 0.15) is 13.8 Å². The summed E-state index contributed by atoms with van der Waals surface area (Å²) in [5, 5.41) is 21.5. The quantitative estimate of drug-likeness (QED) is 0.424. The molecule has 1 rings (SSSR count). The normalized spacial score (nSPS) is 39.4. The lowest BCUT2D eigenvalue weighted by atomic mass is 9.89. The van der Waals surface area contributed by atoms with Crippen LogP contribution in [-0.4, -0.2) is 47.3 Å². The number of aliphatic hydroxyl groups is 2. The molecule has 0 aromatic rings. The number of hydrogen-bond donors (Lipinski definition) is 4. The molecule has 7 nitrogen and oxygen atoms in total. The van der Waals surface area contributed by atoms with Gasteiger partial charge in [-0.1, -0.05) is 6.92 Å². The number of carbonyl (C=O) groups is 1. The Kier molecular flexibility index (Phi) is 4.63. The first kappa shape index (κ1) is 13.3. The highest BCUT2D eigenvalue weighted by Gasteiger charge is 2.43. The Labute approximate surface area is 93.5 Å². The SMILES string of the molecule is CC(=O)NC1C(ON)OC(CO)C(C)C1O. The average Bonchev–Trinajstić information content (AvgIpc) is 2.25. The van der Waals surface area contributed by atoms with Gasteiger partial charge in [-0.25, -0.2) is 5.90 Å². The van der Waals surface area contributed by atoms with Gasteiger partial charge in [0.05, 0.1) is 18.8 Å². The molecule has 1 aliphatic rings. The second-order valence-corrected chi connectivity index (χ2v) is 3.94. The number of rotatable bonds is 3. The summed E-state index contributed by atoms with van der Waals surface area (Å²) in [6.07, 6.45) is -2.41. The first-order chi connectivity index (χ1) is 7.51. The number of aliphatic hydroxyl groups excluding tert-OH is 2. The Hall–Kier alpha value is -0.730. The van der Waals surface area contributed by atoms with E-state index in [9.17, 15) is 9.90 Å². The lowest BCUT2D eigenvalue weighted by Gasteiger charge is -2.42. The maximum Gasteiger partial charge on any atom is 0.217 e. The maximum absolute atomic E-state index is 11.0. The third-order valence-corrected chi connectivity index (χ3v) is 2.78. The van der Waals surface area contributed by atoms with Crippen LogP contribution in [0, 0.1) is 5.92 Å². The highest BCUT2D eigenvalue weighted by Crippen LogP contribution is 2.25. The molecule has 16 heavy (non-hydrogen) atoms. The van der Waals surface area contributed by atoms with Crippen molar-refractivity contribution in [2.75, 3.05) is 6.61 Å². The van der Waals surface area contributed by atoms with E-state index in [1.807, 2.05) is 0 Å². The Morgan fingerprint density at radius 1 is 1.62 bits per heavy atom. The molecule has 5 unspecified atom stereocenters. The maximum atomic E-state index is 11.0. The lowest BCUT2D eigenvalue weighted by Crippen LogP contribution is -2.62. The second kappa shape index (κ2) is 5.55. The molecule has 0 bridgehead atoms. The van der Waals surface area contributed by atoms with Crippen LogP contribution in [0.15, 0.2) is 0 Å². The minimum atomic E-state index is -0.966. The molecule has 0 aromatic heterocycles. The third kappa shape index (κ3) is 2.69. The number of carbonyl (C=O) groups excluding carboxylic acids is 1. The zero-order valence-electron chi connectivity index (χ0n) is 9.29. The zero-order chi connectivity index (χ0) is 12.3. The van der Waals surface area contributed by atoms with E-state index in [-0.39, 0.29) is 18.4 Å². The molecule has 5 N–H and O–H groups in total. The molecule has 0 saturated carbocycles. The molecule has 0 aliphatic carbocycles.